The Morgan fingerprint density at radius 3 is 2.60 bits per heavy atom. The molecule has 5 rings (SSSR count). The van der Waals surface area contributed by atoms with Crippen LogP contribution in [0.5, 0.6) is 0 Å². The van der Waals surface area contributed by atoms with E-state index in [-0.39, 0.29) is 41.2 Å². The third-order valence-electron chi connectivity index (χ3n) is 8.42. The van der Waals surface area contributed by atoms with E-state index in [1.165, 1.54) is 17.5 Å². The number of nitrogens with zero attached hydrogens (tertiary/aromatic N) is 3. The highest BCUT2D eigenvalue weighted by Gasteiger charge is 2.31. The third kappa shape index (κ3) is 7.59. The minimum Gasteiger partial charge on any atom is -0.379 e. The second-order valence-corrected chi connectivity index (χ2v) is 11.1. The van der Waals surface area contributed by atoms with Gasteiger partial charge in [0.25, 0.3) is 5.91 Å². The van der Waals surface area contributed by atoms with Gasteiger partial charge in [-0.05, 0) is 57.9 Å². The molecule has 0 bridgehead atoms. The highest BCUT2D eigenvalue weighted by atomic mass is 79.9. The average molecular weight is 619 g/mol. The van der Waals surface area contributed by atoms with Crippen molar-refractivity contribution in [3.05, 3.63) is 53.0 Å². The minimum atomic E-state index is -0.0226. The summed E-state index contributed by atoms with van der Waals surface area (Å²) < 4.78 is 17.6. The molecule has 0 saturated carbocycles. The molecule has 10 heteroatoms. The summed E-state index contributed by atoms with van der Waals surface area (Å²) in [4.78, 5) is 24.2. The van der Waals surface area contributed by atoms with Crippen LogP contribution in [0.2, 0.25) is 0 Å². The van der Waals surface area contributed by atoms with Gasteiger partial charge in [0, 0.05) is 51.0 Å². The number of aromatic nitrogens is 2. The molecule has 40 heavy (non-hydrogen) atoms. The Balaban J connectivity index is 0.00000370. The SMILES string of the molecule is Br.CO[C@H]1COCC[C@H]1NC1CCN(C(=O)c2ncnc(NC[C@H]3CCC[C@@H](c4ccc(C)cc4)O3)c2C)CC1. The fourth-order valence-electron chi connectivity index (χ4n) is 5.97. The molecule has 3 fully saturated rings. The van der Waals surface area contributed by atoms with Gasteiger partial charge < -0.3 is 29.7 Å². The second kappa shape index (κ2) is 14.7. The summed E-state index contributed by atoms with van der Waals surface area (Å²) in [5.41, 5.74) is 3.76. The molecule has 3 aliphatic rings. The Bertz CT molecular complexity index is 1100. The van der Waals surface area contributed by atoms with Crippen LogP contribution in [-0.2, 0) is 14.2 Å². The molecular formula is C30H44BrN5O4. The molecule has 0 radical (unpaired) electrons. The maximum Gasteiger partial charge on any atom is 0.272 e. The van der Waals surface area contributed by atoms with E-state index in [1.807, 2.05) is 11.8 Å². The van der Waals surface area contributed by atoms with Gasteiger partial charge in [0.2, 0.25) is 0 Å². The van der Waals surface area contributed by atoms with E-state index in [4.69, 9.17) is 14.2 Å². The zero-order valence-electron chi connectivity index (χ0n) is 23.9. The summed E-state index contributed by atoms with van der Waals surface area (Å²) in [7, 11) is 1.74. The lowest BCUT2D eigenvalue weighted by atomic mass is 9.97. The molecular weight excluding hydrogens is 574 g/mol. The van der Waals surface area contributed by atoms with E-state index >= 15 is 0 Å². The number of anilines is 1. The van der Waals surface area contributed by atoms with Gasteiger partial charge in [0.05, 0.1) is 24.9 Å². The summed E-state index contributed by atoms with van der Waals surface area (Å²) in [5.74, 6) is 0.682. The molecule has 1 aromatic carbocycles. The molecule has 2 aromatic rings. The molecule has 9 nitrogen and oxygen atoms in total. The van der Waals surface area contributed by atoms with Crippen LogP contribution < -0.4 is 10.6 Å². The van der Waals surface area contributed by atoms with Crippen molar-refractivity contribution in [1.82, 2.24) is 20.2 Å². The zero-order valence-corrected chi connectivity index (χ0v) is 25.6. The Labute approximate surface area is 248 Å². The van der Waals surface area contributed by atoms with Gasteiger partial charge in [-0.3, -0.25) is 4.79 Å². The summed E-state index contributed by atoms with van der Waals surface area (Å²) in [5, 5.41) is 7.20. The van der Waals surface area contributed by atoms with Crippen LogP contribution in [0.25, 0.3) is 0 Å². The van der Waals surface area contributed by atoms with Crippen LogP contribution in [0.3, 0.4) is 0 Å². The molecule has 4 atom stereocenters. The van der Waals surface area contributed by atoms with Gasteiger partial charge in [0.15, 0.2) is 0 Å². The second-order valence-electron chi connectivity index (χ2n) is 11.1. The molecule has 0 aliphatic carbocycles. The Morgan fingerprint density at radius 1 is 1.07 bits per heavy atom. The number of nitrogens with one attached hydrogen (secondary N) is 2. The summed E-state index contributed by atoms with van der Waals surface area (Å²) >= 11 is 0. The summed E-state index contributed by atoms with van der Waals surface area (Å²) in [6, 6.07) is 9.30. The maximum atomic E-state index is 13.4. The lowest BCUT2D eigenvalue weighted by Crippen LogP contribution is -2.54. The average Bonchev–Trinajstić information content (AvgIpc) is 2.97. The number of methoxy groups -OCH3 is 1. The first-order valence-electron chi connectivity index (χ1n) is 14.4. The predicted molar refractivity (Wildman–Crippen MR) is 160 cm³/mol. The molecule has 1 amide bonds. The highest BCUT2D eigenvalue weighted by Crippen LogP contribution is 2.31. The van der Waals surface area contributed by atoms with Gasteiger partial charge in [-0.2, -0.15) is 0 Å². The molecule has 0 spiro atoms. The molecule has 3 saturated heterocycles. The summed E-state index contributed by atoms with van der Waals surface area (Å²) in [6.45, 7) is 7.50. The number of ether oxygens (including phenoxy) is 3. The standard InChI is InChI=1S/C30H43N5O4.BrH/c1-20-7-9-22(10-8-20)26-6-4-5-24(39-26)17-31-29-21(2)28(32-19-33-29)30(36)35-14-11-23(12-15-35)34-25-13-16-38-18-27(25)37-3;/h7-10,19,23-27,34H,4-6,11-18H2,1-3H3,(H,31,32,33);1H/t24-,25-,26+,27+;/m1./s1. The molecule has 4 heterocycles. The Hall–Kier alpha value is -2.11. The van der Waals surface area contributed by atoms with Crippen LogP contribution in [0, 0.1) is 13.8 Å². The van der Waals surface area contributed by atoms with Gasteiger partial charge in [0.1, 0.15) is 17.8 Å². The number of amides is 1. The van der Waals surface area contributed by atoms with Crippen molar-refractivity contribution in [1.29, 1.82) is 0 Å². The van der Waals surface area contributed by atoms with E-state index in [2.05, 4.69) is 51.8 Å². The van der Waals surface area contributed by atoms with Crippen molar-refractivity contribution < 1.29 is 19.0 Å². The van der Waals surface area contributed by atoms with Crippen LogP contribution in [-0.4, -0.2) is 85.0 Å². The van der Waals surface area contributed by atoms with Crippen molar-refractivity contribution in [2.75, 3.05) is 45.3 Å². The van der Waals surface area contributed by atoms with E-state index in [0.717, 1.165) is 50.7 Å². The number of aryl methyl sites for hydroxylation is 1. The number of likely N-dealkylation sites (tertiary alicyclic amines) is 1. The fraction of sp³-hybridized carbons (Fsp3) is 0.633. The molecule has 2 N–H and O–H groups in total. The molecule has 0 unspecified atom stereocenters. The number of benzene rings is 1. The normalized spacial score (nSPS) is 25.7. The van der Waals surface area contributed by atoms with Gasteiger partial charge >= 0.3 is 0 Å². The Kier molecular flexibility index (Phi) is 11.3. The van der Waals surface area contributed by atoms with Crippen molar-refractivity contribution in [2.24, 2.45) is 0 Å². The van der Waals surface area contributed by atoms with Crippen LogP contribution >= 0.6 is 17.0 Å². The molecule has 220 valence electrons. The Morgan fingerprint density at radius 2 is 1.85 bits per heavy atom. The zero-order chi connectivity index (χ0) is 27.2. The van der Waals surface area contributed by atoms with Crippen molar-refractivity contribution in [3.63, 3.8) is 0 Å². The first-order chi connectivity index (χ1) is 19.0. The topological polar surface area (TPSA) is 97.8 Å². The quantitative estimate of drug-likeness (QED) is 0.450. The number of carbonyl (C=O) groups excluding carboxylic acids is 1. The molecule has 1 aromatic heterocycles. The maximum absolute atomic E-state index is 13.4. The lowest BCUT2D eigenvalue weighted by Gasteiger charge is -2.38. The number of piperidine rings is 1. The van der Waals surface area contributed by atoms with Crippen molar-refractivity contribution >= 4 is 28.7 Å². The third-order valence-corrected chi connectivity index (χ3v) is 8.42. The number of hydrogen-bond donors (Lipinski definition) is 2. The first kappa shape index (κ1) is 30.8. The van der Waals surface area contributed by atoms with Crippen molar-refractivity contribution in [2.45, 2.75) is 82.8 Å². The minimum absolute atomic E-state index is 0. The number of halogens is 1. The van der Waals surface area contributed by atoms with Crippen LogP contribution in [0.4, 0.5) is 5.82 Å². The number of rotatable bonds is 8. The van der Waals surface area contributed by atoms with Crippen molar-refractivity contribution in [3.8, 4) is 0 Å². The first-order valence-corrected chi connectivity index (χ1v) is 14.4. The van der Waals surface area contributed by atoms with Crippen LogP contribution in [0.15, 0.2) is 30.6 Å². The van der Waals surface area contributed by atoms with Crippen LogP contribution in [0.1, 0.15) is 71.8 Å². The van der Waals surface area contributed by atoms with E-state index in [9.17, 15) is 4.79 Å². The summed E-state index contributed by atoms with van der Waals surface area (Å²) in [6.07, 6.45) is 7.75. The van der Waals surface area contributed by atoms with E-state index in [1.54, 1.807) is 7.11 Å². The predicted octanol–water partition coefficient (Wildman–Crippen LogP) is 4.39. The highest BCUT2D eigenvalue weighted by molar-refractivity contribution is 8.93. The van der Waals surface area contributed by atoms with Gasteiger partial charge in [-0.1, -0.05) is 29.8 Å². The fourth-order valence-corrected chi connectivity index (χ4v) is 5.97. The van der Waals surface area contributed by atoms with Gasteiger partial charge in [-0.25, -0.2) is 9.97 Å². The van der Waals surface area contributed by atoms with E-state index in [0.29, 0.717) is 49.8 Å². The monoisotopic (exact) mass is 617 g/mol. The molecule has 3 aliphatic heterocycles. The number of carbonyl (C=O) groups is 1. The largest absolute Gasteiger partial charge is 0.379 e. The lowest BCUT2D eigenvalue weighted by molar-refractivity contribution is -0.0533. The van der Waals surface area contributed by atoms with Gasteiger partial charge in [-0.15, -0.1) is 17.0 Å². The van der Waals surface area contributed by atoms with E-state index < -0.39 is 0 Å². The smallest absolute Gasteiger partial charge is 0.272 e. The number of hydrogen-bond acceptors (Lipinski definition) is 8.